The second-order valence-electron chi connectivity index (χ2n) is 5.99. The molecule has 0 spiro atoms. The zero-order chi connectivity index (χ0) is 17.2. The van der Waals surface area contributed by atoms with Gasteiger partial charge in [-0.15, -0.1) is 12.4 Å². The van der Waals surface area contributed by atoms with E-state index in [2.05, 4.69) is 10.2 Å². The molecule has 1 aliphatic heterocycles. The van der Waals surface area contributed by atoms with Gasteiger partial charge in [-0.05, 0) is 69.1 Å². The number of hydrogen-bond acceptors (Lipinski definition) is 4. The number of likely N-dealkylation sites (tertiary alicyclic amines) is 1. The van der Waals surface area contributed by atoms with E-state index in [0.29, 0.717) is 11.5 Å². The molecule has 1 heterocycles. The molecule has 2 rings (SSSR count). The molecule has 1 aromatic carbocycles. The Balaban J connectivity index is 0.00000312. The molecule has 1 aromatic rings. The third-order valence-corrected chi connectivity index (χ3v) is 4.23. The summed E-state index contributed by atoms with van der Waals surface area (Å²) < 4.78 is 10.5. The molecule has 1 fully saturated rings. The molecule has 1 N–H and O–H groups in total. The van der Waals surface area contributed by atoms with Gasteiger partial charge >= 0.3 is 0 Å². The first-order chi connectivity index (χ1) is 11.7. The van der Waals surface area contributed by atoms with Crippen molar-refractivity contribution in [3.63, 3.8) is 0 Å². The van der Waals surface area contributed by atoms with Crippen LogP contribution in [0, 0.1) is 0 Å². The average Bonchev–Trinajstić information content (AvgIpc) is 3.12. The summed E-state index contributed by atoms with van der Waals surface area (Å²) >= 11 is 0. The predicted octanol–water partition coefficient (Wildman–Crippen LogP) is 3.13. The zero-order valence-electron chi connectivity index (χ0n) is 15.1. The maximum Gasteiger partial charge on any atom is 0.243 e. The third kappa shape index (κ3) is 7.36. The molecule has 0 radical (unpaired) electrons. The third-order valence-electron chi connectivity index (χ3n) is 4.23. The molecule has 5 nitrogen and oxygen atoms in total. The van der Waals surface area contributed by atoms with E-state index in [1.54, 1.807) is 26.4 Å². The van der Waals surface area contributed by atoms with Crippen LogP contribution in [0.1, 0.15) is 31.2 Å². The van der Waals surface area contributed by atoms with Crippen molar-refractivity contribution in [2.24, 2.45) is 0 Å². The number of methoxy groups -OCH3 is 2. The van der Waals surface area contributed by atoms with Crippen molar-refractivity contribution in [2.75, 3.05) is 40.4 Å². The van der Waals surface area contributed by atoms with Crippen LogP contribution in [-0.4, -0.2) is 51.2 Å². The number of rotatable bonds is 9. The second-order valence-corrected chi connectivity index (χ2v) is 5.99. The number of unbranched alkanes of at least 4 members (excludes halogenated alkanes) is 1. The van der Waals surface area contributed by atoms with E-state index in [4.69, 9.17) is 9.47 Å². The lowest BCUT2D eigenvalue weighted by atomic mass is 10.2. The molecule has 0 aliphatic carbocycles. The molecule has 0 saturated carbocycles. The van der Waals surface area contributed by atoms with E-state index in [9.17, 15) is 4.79 Å². The van der Waals surface area contributed by atoms with Gasteiger partial charge in [-0.25, -0.2) is 0 Å². The molecule has 1 amide bonds. The van der Waals surface area contributed by atoms with Crippen molar-refractivity contribution in [1.29, 1.82) is 0 Å². The Hall–Kier alpha value is -1.72. The smallest absolute Gasteiger partial charge is 0.243 e. The van der Waals surface area contributed by atoms with Crippen LogP contribution in [0.25, 0.3) is 6.08 Å². The van der Waals surface area contributed by atoms with Gasteiger partial charge in [0, 0.05) is 12.6 Å². The van der Waals surface area contributed by atoms with Crippen LogP contribution in [0.5, 0.6) is 11.5 Å². The fraction of sp³-hybridized carbons (Fsp3) is 0.526. The first-order valence-corrected chi connectivity index (χ1v) is 8.63. The van der Waals surface area contributed by atoms with Crippen molar-refractivity contribution >= 4 is 24.4 Å². The number of halogens is 1. The summed E-state index contributed by atoms with van der Waals surface area (Å²) in [4.78, 5) is 14.3. The Bertz CT molecular complexity index is 558. The minimum Gasteiger partial charge on any atom is -0.493 e. The fourth-order valence-corrected chi connectivity index (χ4v) is 2.87. The summed E-state index contributed by atoms with van der Waals surface area (Å²) in [6.07, 6.45) is 8.16. The van der Waals surface area contributed by atoms with Crippen LogP contribution in [0.4, 0.5) is 0 Å². The molecular weight excluding hydrogens is 340 g/mol. The number of nitrogens with zero attached hydrogens (tertiary/aromatic N) is 1. The summed E-state index contributed by atoms with van der Waals surface area (Å²) in [7, 11) is 3.20. The van der Waals surface area contributed by atoms with Crippen molar-refractivity contribution < 1.29 is 14.3 Å². The van der Waals surface area contributed by atoms with Crippen LogP contribution < -0.4 is 14.8 Å². The molecule has 1 aliphatic rings. The minimum atomic E-state index is -0.0639. The lowest BCUT2D eigenvalue weighted by molar-refractivity contribution is -0.116. The maximum atomic E-state index is 11.8. The van der Waals surface area contributed by atoms with E-state index in [0.717, 1.165) is 31.5 Å². The van der Waals surface area contributed by atoms with Gasteiger partial charge in [-0.1, -0.05) is 6.07 Å². The number of benzene rings is 1. The Labute approximate surface area is 156 Å². The quantitative estimate of drug-likeness (QED) is 0.537. The van der Waals surface area contributed by atoms with E-state index in [1.165, 1.54) is 25.9 Å². The minimum absolute atomic E-state index is 0. The Morgan fingerprint density at radius 3 is 2.56 bits per heavy atom. The van der Waals surface area contributed by atoms with Crippen molar-refractivity contribution in [2.45, 2.75) is 25.7 Å². The van der Waals surface area contributed by atoms with Crippen LogP contribution in [0.2, 0.25) is 0 Å². The van der Waals surface area contributed by atoms with Crippen LogP contribution in [0.15, 0.2) is 24.3 Å². The monoisotopic (exact) mass is 368 g/mol. The number of carbonyl (C=O) groups excluding carboxylic acids is 1. The highest BCUT2D eigenvalue weighted by molar-refractivity contribution is 5.91. The molecule has 140 valence electrons. The van der Waals surface area contributed by atoms with Crippen molar-refractivity contribution in [1.82, 2.24) is 10.2 Å². The molecule has 0 aromatic heterocycles. The van der Waals surface area contributed by atoms with Gasteiger partial charge in [0.05, 0.1) is 14.2 Å². The lowest BCUT2D eigenvalue weighted by Gasteiger charge is -2.13. The standard InChI is InChI=1S/C19H28N2O3.ClH/c1-23-17-9-7-16(15-18(17)24-2)8-10-19(22)20-11-3-4-12-21-13-5-6-14-21;/h7-10,15H,3-6,11-14H2,1-2H3,(H,20,22);1H. The molecule has 0 atom stereocenters. The normalized spacial score (nSPS) is 14.3. The SMILES string of the molecule is COc1ccc(C=CC(=O)NCCCCN2CCCC2)cc1OC.Cl. The predicted molar refractivity (Wildman–Crippen MR) is 104 cm³/mol. The van der Waals surface area contributed by atoms with Gasteiger partial charge in [-0.3, -0.25) is 4.79 Å². The van der Waals surface area contributed by atoms with Gasteiger partial charge < -0.3 is 19.7 Å². The maximum absolute atomic E-state index is 11.8. The highest BCUT2D eigenvalue weighted by Gasteiger charge is 2.10. The zero-order valence-corrected chi connectivity index (χ0v) is 15.9. The van der Waals surface area contributed by atoms with E-state index in [-0.39, 0.29) is 18.3 Å². The second kappa shape index (κ2) is 11.8. The van der Waals surface area contributed by atoms with Crippen molar-refractivity contribution in [3.8, 4) is 11.5 Å². The summed E-state index contributed by atoms with van der Waals surface area (Å²) in [6.45, 7) is 4.35. The number of carbonyl (C=O) groups is 1. The molecule has 25 heavy (non-hydrogen) atoms. The van der Waals surface area contributed by atoms with E-state index < -0.39 is 0 Å². The van der Waals surface area contributed by atoms with Crippen LogP contribution in [-0.2, 0) is 4.79 Å². The number of hydrogen-bond donors (Lipinski definition) is 1. The van der Waals surface area contributed by atoms with Gasteiger partial charge in [0.15, 0.2) is 11.5 Å². The fourth-order valence-electron chi connectivity index (χ4n) is 2.87. The molecule has 0 unspecified atom stereocenters. The number of ether oxygens (including phenoxy) is 2. The van der Waals surface area contributed by atoms with Gasteiger partial charge in [-0.2, -0.15) is 0 Å². The lowest BCUT2D eigenvalue weighted by Crippen LogP contribution is -2.24. The highest BCUT2D eigenvalue weighted by atomic mass is 35.5. The molecular formula is C19H29ClN2O3. The first-order valence-electron chi connectivity index (χ1n) is 8.63. The average molecular weight is 369 g/mol. The molecule has 6 heteroatoms. The topological polar surface area (TPSA) is 50.8 Å². The van der Waals surface area contributed by atoms with Gasteiger partial charge in [0.2, 0.25) is 5.91 Å². The highest BCUT2D eigenvalue weighted by Crippen LogP contribution is 2.27. The summed E-state index contributed by atoms with van der Waals surface area (Å²) in [5.74, 6) is 1.27. The molecule has 1 saturated heterocycles. The first kappa shape index (κ1) is 21.3. The van der Waals surface area contributed by atoms with Crippen LogP contribution in [0.3, 0.4) is 0 Å². The summed E-state index contributed by atoms with van der Waals surface area (Å²) in [5.41, 5.74) is 0.900. The Morgan fingerprint density at radius 1 is 1.16 bits per heavy atom. The van der Waals surface area contributed by atoms with E-state index >= 15 is 0 Å². The van der Waals surface area contributed by atoms with E-state index in [1.807, 2.05) is 18.2 Å². The number of nitrogens with one attached hydrogen (secondary N) is 1. The Morgan fingerprint density at radius 2 is 1.88 bits per heavy atom. The largest absolute Gasteiger partial charge is 0.493 e. The van der Waals surface area contributed by atoms with Gasteiger partial charge in [0.1, 0.15) is 0 Å². The summed E-state index contributed by atoms with van der Waals surface area (Å²) in [6, 6.07) is 5.56. The van der Waals surface area contributed by atoms with Gasteiger partial charge in [0.25, 0.3) is 0 Å². The summed E-state index contributed by atoms with van der Waals surface area (Å²) in [5, 5.41) is 2.93. The number of amides is 1. The van der Waals surface area contributed by atoms with Crippen LogP contribution >= 0.6 is 12.4 Å². The molecule has 0 bridgehead atoms. The van der Waals surface area contributed by atoms with Crippen molar-refractivity contribution in [3.05, 3.63) is 29.8 Å². The Kier molecular flexibility index (Phi) is 10.0.